The van der Waals surface area contributed by atoms with Crippen molar-refractivity contribution >= 4 is 25.9 Å². The van der Waals surface area contributed by atoms with Gasteiger partial charge in [0.2, 0.25) is 0 Å². The molecule has 2 aromatic carbocycles. The average Bonchev–Trinajstić information content (AvgIpc) is 2.66. The third-order valence-electron chi connectivity index (χ3n) is 3.97. The van der Waals surface area contributed by atoms with Crippen molar-refractivity contribution in [2.45, 2.75) is 13.5 Å². The van der Waals surface area contributed by atoms with Gasteiger partial charge in [-0.15, -0.1) is 0 Å². The van der Waals surface area contributed by atoms with Gasteiger partial charge in [0.05, 0.1) is 11.9 Å². The number of nitrogens with two attached hydrogens (primary N) is 1. The molecule has 0 aliphatic carbocycles. The number of aryl methyl sites for hydroxylation is 1. The molecule has 0 spiro atoms. The fraction of sp³-hybridized carbons (Fsp3) is 0.105. The van der Waals surface area contributed by atoms with E-state index in [9.17, 15) is 4.57 Å². The molecule has 0 saturated carbocycles. The highest BCUT2D eigenvalue weighted by molar-refractivity contribution is 7.25. The quantitative estimate of drug-likeness (QED) is 0.360. The number of rotatable bonds is 6. The molecule has 3 aromatic rings. The smallest absolute Gasteiger partial charge is 0.297 e. The number of hydrogen-bond acceptors (Lipinski definition) is 4. The summed E-state index contributed by atoms with van der Waals surface area (Å²) in [5, 5.41) is 0.665. The van der Waals surface area contributed by atoms with Crippen LogP contribution in [0.1, 0.15) is 11.1 Å². The lowest BCUT2D eigenvalue weighted by Gasteiger charge is -2.17. The molecule has 3 rings (SSSR count). The molecule has 0 fully saturated rings. The van der Waals surface area contributed by atoms with E-state index in [0.717, 1.165) is 27.0 Å². The fourth-order valence-electron chi connectivity index (χ4n) is 2.61. The Labute approximate surface area is 158 Å². The van der Waals surface area contributed by atoms with Crippen molar-refractivity contribution < 1.29 is 9.30 Å². The van der Waals surface area contributed by atoms with Crippen LogP contribution in [0.3, 0.4) is 0 Å². The molecule has 1 aromatic heterocycles. The zero-order valence-electron chi connectivity index (χ0n) is 14.1. The first-order chi connectivity index (χ1) is 12.6. The number of aromatic nitrogens is 1. The van der Waals surface area contributed by atoms with Crippen molar-refractivity contribution in [2.24, 2.45) is 5.84 Å². The summed E-state index contributed by atoms with van der Waals surface area (Å²) in [4.78, 5) is 4.24. The molecule has 26 heavy (non-hydrogen) atoms. The largest absolute Gasteiger partial charge is 0.487 e. The fourth-order valence-corrected chi connectivity index (χ4v) is 3.08. The summed E-state index contributed by atoms with van der Waals surface area (Å²) in [6, 6.07) is 15.1. The zero-order chi connectivity index (χ0) is 18.5. The van der Waals surface area contributed by atoms with Gasteiger partial charge in [0, 0.05) is 22.3 Å². The van der Waals surface area contributed by atoms with E-state index in [0.29, 0.717) is 16.5 Å². The van der Waals surface area contributed by atoms with Gasteiger partial charge >= 0.3 is 0 Å². The van der Waals surface area contributed by atoms with Crippen LogP contribution >= 0.6 is 20.2 Å². The van der Waals surface area contributed by atoms with Crippen LogP contribution in [-0.2, 0) is 11.2 Å². The van der Waals surface area contributed by atoms with Gasteiger partial charge in [0.25, 0.3) is 8.61 Å². The standard InChI is InChI=1S/C19H17ClN3O2P/c1-13-4-2-7-19(23(21)26-24)18(13)12-25-17-9-15(10-22-11-17)14-5-3-6-16(20)8-14/h2-11H,12,21H2,1H3. The van der Waals surface area contributed by atoms with Crippen LogP contribution in [0.15, 0.2) is 60.9 Å². The number of nitrogens with zero attached hydrogens (tertiary/aromatic N) is 2. The van der Waals surface area contributed by atoms with Gasteiger partial charge in [-0.3, -0.25) is 4.98 Å². The molecule has 0 bridgehead atoms. The van der Waals surface area contributed by atoms with E-state index in [-0.39, 0.29) is 15.2 Å². The maximum absolute atomic E-state index is 11.1. The minimum atomic E-state index is -0.282. The number of anilines is 1. The summed E-state index contributed by atoms with van der Waals surface area (Å²) in [5.74, 6) is 6.40. The van der Waals surface area contributed by atoms with Crippen molar-refractivity contribution in [3.63, 3.8) is 0 Å². The predicted octanol–water partition coefficient (Wildman–Crippen LogP) is 5.18. The van der Waals surface area contributed by atoms with Crippen molar-refractivity contribution in [2.75, 3.05) is 4.78 Å². The van der Waals surface area contributed by atoms with E-state index in [4.69, 9.17) is 22.2 Å². The first-order valence-corrected chi connectivity index (χ1v) is 9.03. The van der Waals surface area contributed by atoms with Crippen LogP contribution in [0.5, 0.6) is 5.75 Å². The number of hydrazine groups is 1. The lowest BCUT2D eigenvalue weighted by atomic mass is 10.1. The molecular weight excluding hydrogens is 369 g/mol. The van der Waals surface area contributed by atoms with Crippen LogP contribution in [-0.4, -0.2) is 4.98 Å². The molecule has 0 saturated heterocycles. The van der Waals surface area contributed by atoms with Crippen molar-refractivity contribution in [1.82, 2.24) is 4.98 Å². The Hall–Kier alpha value is -2.46. The van der Waals surface area contributed by atoms with Gasteiger partial charge in [-0.1, -0.05) is 35.9 Å². The number of ether oxygens (including phenoxy) is 1. The van der Waals surface area contributed by atoms with Crippen molar-refractivity contribution in [3.8, 4) is 16.9 Å². The summed E-state index contributed by atoms with van der Waals surface area (Å²) in [6.45, 7) is 2.24. The first-order valence-electron chi connectivity index (χ1n) is 7.89. The first kappa shape index (κ1) is 18.3. The topological polar surface area (TPSA) is 68.5 Å². The summed E-state index contributed by atoms with van der Waals surface area (Å²) in [6.07, 6.45) is 3.41. The van der Waals surface area contributed by atoms with Gasteiger partial charge in [-0.05, 0) is 42.3 Å². The minimum Gasteiger partial charge on any atom is -0.487 e. The second kappa shape index (κ2) is 8.28. The highest BCUT2D eigenvalue weighted by Crippen LogP contribution is 2.28. The molecule has 1 heterocycles. The Kier molecular flexibility index (Phi) is 5.84. The molecule has 0 radical (unpaired) electrons. The molecule has 7 heteroatoms. The molecule has 2 N–H and O–H groups in total. The van der Waals surface area contributed by atoms with E-state index in [1.165, 1.54) is 0 Å². The van der Waals surface area contributed by atoms with E-state index >= 15 is 0 Å². The van der Waals surface area contributed by atoms with Gasteiger partial charge in [-0.25, -0.2) is 15.2 Å². The van der Waals surface area contributed by atoms with Crippen LogP contribution in [0.2, 0.25) is 5.02 Å². The Morgan fingerprint density at radius 2 is 1.96 bits per heavy atom. The van der Waals surface area contributed by atoms with Crippen LogP contribution in [0, 0.1) is 6.92 Å². The van der Waals surface area contributed by atoms with Crippen LogP contribution < -0.4 is 15.4 Å². The maximum Gasteiger partial charge on any atom is 0.297 e. The summed E-state index contributed by atoms with van der Waals surface area (Å²) >= 11 is 6.06. The van der Waals surface area contributed by atoms with Gasteiger partial charge in [0.1, 0.15) is 12.4 Å². The predicted molar refractivity (Wildman–Crippen MR) is 104 cm³/mol. The second-order valence-corrected chi connectivity index (χ2v) is 6.74. The summed E-state index contributed by atoms with van der Waals surface area (Å²) in [7, 11) is -0.282. The molecule has 0 atom stereocenters. The van der Waals surface area contributed by atoms with E-state index < -0.39 is 0 Å². The number of benzene rings is 2. The number of hydrogen-bond donors (Lipinski definition) is 1. The molecule has 0 aliphatic rings. The Balaban J connectivity index is 1.83. The molecule has 132 valence electrons. The molecule has 0 aliphatic heterocycles. The number of pyridine rings is 1. The molecule has 5 nitrogen and oxygen atoms in total. The lowest BCUT2D eigenvalue weighted by Crippen LogP contribution is -2.21. The van der Waals surface area contributed by atoms with Crippen molar-refractivity contribution in [1.29, 1.82) is 0 Å². The maximum atomic E-state index is 11.1. The Morgan fingerprint density at radius 3 is 2.73 bits per heavy atom. The monoisotopic (exact) mass is 385 g/mol. The number of halogens is 1. The Morgan fingerprint density at radius 1 is 1.15 bits per heavy atom. The van der Waals surface area contributed by atoms with Gasteiger partial charge in [0.15, 0.2) is 0 Å². The lowest BCUT2D eigenvalue weighted by molar-refractivity contribution is 0.305. The SMILES string of the molecule is Cc1cccc(N(N)P=O)c1COc1cncc(-c2cccc(Cl)c2)c1. The van der Waals surface area contributed by atoms with E-state index in [1.54, 1.807) is 18.5 Å². The van der Waals surface area contributed by atoms with Gasteiger partial charge in [-0.2, -0.15) is 0 Å². The Bertz CT molecular complexity index is 936. The highest BCUT2D eigenvalue weighted by Gasteiger charge is 2.12. The summed E-state index contributed by atoms with van der Waals surface area (Å²) in [5.41, 5.74) is 4.39. The molecule has 0 unspecified atom stereocenters. The zero-order valence-corrected chi connectivity index (χ0v) is 15.7. The van der Waals surface area contributed by atoms with Crippen LogP contribution in [0.4, 0.5) is 5.69 Å². The normalized spacial score (nSPS) is 10.7. The van der Waals surface area contributed by atoms with Gasteiger partial charge < -0.3 is 4.74 Å². The molecular formula is C19H17ClN3O2P. The molecule has 0 amide bonds. The highest BCUT2D eigenvalue weighted by atomic mass is 35.5. The van der Waals surface area contributed by atoms with Crippen molar-refractivity contribution in [3.05, 3.63) is 77.1 Å². The van der Waals surface area contributed by atoms with E-state index in [2.05, 4.69) is 4.98 Å². The third-order valence-corrected chi connectivity index (χ3v) is 4.60. The minimum absolute atomic E-state index is 0.282. The van der Waals surface area contributed by atoms with E-state index in [1.807, 2.05) is 49.4 Å². The third kappa shape index (κ3) is 4.20. The average molecular weight is 386 g/mol. The second-order valence-electron chi connectivity index (χ2n) is 5.71. The summed E-state index contributed by atoms with van der Waals surface area (Å²) < 4.78 is 18.2. The van der Waals surface area contributed by atoms with Crippen LogP contribution in [0.25, 0.3) is 11.1 Å².